The molecule has 146 valence electrons. The number of para-hydroxylation sites is 1. The van der Waals surface area contributed by atoms with Gasteiger partial charge in [0.2, 0.25) is 5.91 Å². The van der Waals surface area contributed by atoms with Crippen molar-refractivity contribution in [2.45, 2.75) is 32.2 Å². The molecule has 1 saturated heterocycles. The zero-order chi connectivity index (χ0) is 19.1. The summed E-state index contributed by atoms with van der Waals surface area (Å²) in [5, 5.41) is 7.52. The lowest BCUT2D eigenvalue weighted by molar-refractivity contribution is -0.121. The Morgan fingerprint density at radius 1 is 1.22 bits per heavy atom. The van der Waals surface area contributed by atoms with E-state index in [1.54, 1.807) is 7.05 Å². The van der Waals surface area contributed by atoms with Gasteiger partial charge in [-0.05, 0) is 42.7 Å². The van der Waals surface area contributed by atoms with Gasteiger partial charge in [0.05, 0.1) is 0 Å². The van der Waals surface area contributed by atoms with Gasteiger partial charge in [0.25, 0.3) is 0 Å². The molecule has 0 spiro atoms. The second-order valence-electron chi connectivity index (χ2n) is 7.20. The second kappa shape index (κ2) is 9.44. The molecular formula is C21H31N5O. The van der Waals surface area contributed by atoms with Crippen molar-refractivity contribution in [2.24, 2.45) is 10.9 Å². The normalized spacial score (nSPS) is 15.9. The molecule has 0 bridgehead atoms. The second-order valence-corrected chi connectivity index (χ2v) is 7.20. The van der Waals surface area contributed by atoms with Crippen LogP contribution < -0.4 is 10.6 Å². The molecule has 6 heteroatoms. The third kappa shape index (κ3) is 5.02. The minimum Gasteiger partial charge on any atom is -0.359 e. The summed E-state index contributed by atoms with van der Waals surface area (Å²) in [5.74, 6) is 1.61. The SMILES string of the molecule is CN=C(NCCCn1ccc2ccccc21)N1CCC(CC(=O)NC)CC1. The van der Waals surface area contributed by atoms with Crippen LogP contribution in [0.5, 0.6) is 0 Å². The Morgan fingerprint density at radius 3 is 2.74 bits per heavy atom. The van der Waals surface area contributed by atoms with E-state index in [4.69, 9.17) is 0 Å². The first-order valence-electron chi connectivity index (χ1n) is 9.91. The van der Waals surface area contributed by atoms with Gasteiger partial charge in [0.15, 0.2) is 5.96 Å². The van der Waals surface area contributed by atoms with Crippen LogP contribution >= 0.6 is 0 Å². The molecule has 1 aromatic carbocycles. The number of aryl methyl sites for hydroxylation is 1. The van der Waals surface area contributed by atoms with Crippen molar-refractivity contribution in [3.63, 3.8) is 0 Å². The van der Waals surface area contributed by atoms with Gasteiger partial charge in [-0.3, -0.25) is 9.79 Å². The Hall–Kier alpha value is -2.50. The lowest BCUT2D eigenvalue weighted by Crippen LogP contribution is -2.46. The lowest BCUT2D eigenvalue weighted by Gasteiger charge is -2.34. The average Bonchev–Trinajstić information content (AvgIpc) is 3.12. The van der Waals surface area contributed by atoms with E-state index >= 15 is 0 Å². The fourth-order valence-electron chi connectivity index (χ4n) is 3.83. The molecule has 0 atom stereocenters. The van der Waals surface area contributed by atoms with E-state index in [9.17, 15) is 4.79 Å². The van der Waals surface area contributed by atoms with Crippen LogP contribution in [0.1, 0.15) is 25.7 Å². The summed E-state index contributed by atoms with van der Waals surface area (Å²) < 4.78 is 2.31. The molecule has 1 aliphatic heterocycles. The van der Waals surface area contributed by atoms with E-state index in [1.807, 2.05) is 7.05 Å². The van der Waals surface area contributed by atoms with E-state index in [1.165, 1.54) is 10.9 Å². The number of hydrogen-bond acceptors (Lipinski definition) is 2. The minimum atomic E-state index is 0.147. The maximum atomic E-state index is 11.5. The number of hydrogen-bond donors (Lipinski definition) is 2. The van der Waals surface area contributed by atoms with Gasteiger partial charge in [0, 0.05) is 58.4 Å². The van der Waals surface area contributed by atoms with Crippen molar-refractivity contribution in [1.29, 1.82) is 0 Å². The summed E-state index contributed by atoms with van der Waals surface area (Å²) in [6.07, 6.45) is 5.94. The molecule has 0 aliphatic carbocycles. The molecule has 1 fully saturated rings. The molecule has 0 unspecified atom stereocenters. The summed E-state index contributed by atoms with van der Waals surface area (Å²) in [6.45, 7) is 3.82. The predicted octanol–water partition coefficient (Wildman–Crippen LogP) is 2.45. The summed E-state index contributed by atoms with van der Waals surface area (Å²) >= 11 is 0. The zero-order valence-electron chi connectivity index (χ0n) is 16.4. The molecule has 1 aliphatic rings. The van der Waals surface area contributed by atoms with Crippen LogP contribution in [0.4, 0.5) is 0 Å². The number of nitrogens with one attached hydrogen (secondary N) is 2. The van der Waals surface area contributed by atoms with Crippen LogP contribution in [0.25, 0.3) is 10.9 Å². The summed E-state index contributed by atoms with van der Waals surface area (Å²) in [6, 6.07) is 10.7. The van der Waals surface area contributed by atoms with Crippen molar-refractivity contribution >= 4 is 22.8 Å². The highest BCUT2D eigenvalue weighted by Crippen LogP contribution is 2.20. The van der Waals surface area contributed by atoms with E-state index < -0.39 is 0 Å². The molecule has 2 N–H and O–H groups in total. The largest absolute Gasteiger partial charge is 0.359 e. The van der Waals surface area contributed by atoms with Crippen LogP contribution in [0.2, 0.25) is 0 Å². The highest BCUT2D eigenvalue weighted by atomic mass is 16.1. The predicted molar refractivity (Wildman–Crippen MR) is 111 cm³/mol. The minimum absolute atomic E-state index is 0.147. The molecule has 27 heavy (non-hydrogen) atoms. The van der Waals surface area contributed by atoms with Gasteiger partial charge in [-0.2, -0.15) is 0 Å². The number of carbonyl (C=O) groups excluding carboxylic acids is 1. The molecule has 0 radical (unpaired) electrons. The Balaban J connectivity index is 1.41. The van der Waals surface area contributed by atoms with Gasteiger partial charge in [-0.15, -0.1) is 0 Å². The van der Waals surface area contributed by atoms with Crippen LogP contribution in [0, 0.1) is 5.92 Å². The Kier molecular flexibility index (Phi) is 6.74. The third-order valence-electron chi connectivity index (χ3n) is 5.42. The van der Waals surface area contributed by atoms with Crippen LogP contribution in [-0.2, 0) is 11.3 Å². The Bertz CT molecular complexity index is 774. The van der Waals surface area contributed by atoms with Gasteiger partial charge in [-0.1, -0.05) is 18.2 Å². The summed E-state index contributed by atoms with van der Waals surface area (Å²) in [5.41, 5.74) is 1.29. The van der Waals surface area contributed by atoms with Gasteiger partial charge >= 0.3 is 0 Å². The van der Waals surface area contributed by atoms with E-state index in [-0.39, 0.29) is 5.91 Å². The fraction of sp³-hybridized carbons (Fsp3) is 0.524. The molecule has 2 aromatic rings. The highest BCUT2D eigenvalue weighted by molar-refractivity contribution is 5.80. The highest BCUT2D eigenvalue weighted by Gasteiger charge is 2.22. The molecule has 2 heterocycles. The van der Waals surface area contributed by atoms with Crippen molar-refractivity contribution in [1.82, 2.24) is 20.1 Å². The first kappa shape index (κ1) is 19.3. The van der Waals surface area contributed by atoms with Crippen molar-refractivity contribution in [3.05, 3.63) is 36.5 Å². The standard InChI is InChI=1S/C21H31N5O/c1-22-20(27)16-17-8-13-26(14-9-17)21(23-2)24-11-5-12-25-15-10-18-6-3-4-7-19(18)25/h3-4,6-7,10,15,17H,5,8-9,11-14,16H2,1-2H3,(H,22,27)(H,23,24). The number of fused-ring (bicyclic) bond motifs is 1. The molecule has 0 saturated carbocycles. The quantitative estimate of drug-likeness (QED) is 0.467. The number of aliphatic imine (C=N–C) groups is 1. The molecule has 1 aromatic heterocycles. The Labute approximate surface area is 161 Å². The summed E-state index contributed by atoms with van der Waals surface area (Å²) in [7, 11) is 3.55. The number of nitrogens with zero attached hydrogens (tertiary/aromatic N) is 3. The number of benzene rings is 1. The zero-order valence-corrected chi connectivity index (χ0v) is 16.4. The number of rotatable bonds is 6. The van der Waals surface area contributed by atoms with Crippen molar-refractivity contribution in [3.8, 4) is 0 Å². The Morgan fingerprint density at radius 2 is 2.00 bits per heavy atom. The number of aromatic nitrogens is 1. The monoisotopic (exact) mass is 369 g/mol. The maximum absolute atomic E-state index is 11.5. The molecular weight excluding hydrogens is 338 g/mol. The van der Waals surface area contributed by atoms with Gasteiger partial charge < -0.3 is 20.1 Å². The van der Waals surface area contributed by atoms with E-state index in [0.29, 0.717) is 12.3 Å². The first-order valence-corrected chi connectivity index (χ1v) is 9.91. The molecule has 6 nitrogen and oxygen atoms in total. The average molecular weight is 370 g/mol. The van der Waals surface area contributed by atoms with Crippen molar-refractivity contribution in [2.75, 3.05) is 33.7 Å². The molecule has 3 rings (SSSR count). The number of piperidine rings is 1. The topological polar surface area (TPSA) is 61.7 Å². The number of carbonyl (C=O) groups is 1. The van der Waals surface area contributed by atoms with Crippen molar-refractivity contribution < 1.29 is 4.79 Å². The smallest absolute Gasteiger partial charge is 0.220 e. The lowest BCUT2D eigenvalue weighted by atomic mass is 9.93. The summed E-state index contributed by atoms with van der Waals surface area (Å²) in [4.78, 5) is 18.3. The number of likely N-dealkylation sites (tertiary alicyclic amines) is 1. The van der Waals surface area contributed by atoms with Crippen LogP contribution in [0.3, 0.4) is 0 Å². The number of amides is 1. The van der Waals surface area contributed by atoms with Crippen LogP contribution in [0.15, 0.2) is 41.5 Å². The fourth-order valence-corrected chi connectivity index (χ4v) is 3.83. The maximum Gasteiger partial charge on any atom is 0.220 e. The van der Waals surface area contributed by atoms with Crippen LogP contribution in [-0.4, -0.2) is 55.1 Å². The third-order valence-corrected chi connectivity index (χ3v) is 5.42. The van der Waals surface area contributed by atoms with Gasteiger partial charge in [-0.25, -0.2) is 0 Å². The van der Waals surface area contributed by atoms with Gasteiger partial charge in [0.1, 0.15) is 0 Å². The number of guanidine groups is 1. The first-order chi connectivity index (χ1) is 13.2. The van der Waals surface area contributed by atoms with E-state index in [2.05, 4.69) is 61.6 Å². The van der Waals surface area contributed by atoms with E-state index in [0.717, 1.165) is 51.4 Å². The molecule has 1 amide bonds.